The van der Waals surface area contributed by atoms with E-state index < -0.39 is 5.79 Å². The van der Waals surface area contributed by atoms with Crippen LogP contribution >= 0.6 is 0 Å². The van der Waals surface area contributed by atoms with Gasteiger partial charge in [-0.15, -0.1) is 0 Å². The third-order valence-corrected chi connectivity index (χ3v) is 6.04. The zero-order chi connectivity index (χ0) is 24.1. The normalized spacial score (nSPS) is 17.9. The van der Waals surface area contributed by atoms with Crippen molar-refractivity contribution < 1.29 is 18.9 Å². The molecule has 0 fully saturated rings. The monoisotopic (exact) mass is 465 g/mol. The molecule has 4 aromatic carbocycles. The second-order valence-electron chi connectivity index (χ2n) is 8.20. The van der Waals surface area contributed by atoms with E-state index in [4.69, 9.17) is 23.9 Å². The first-order chi connectivity index (χ1) is 17.2. The first-order valence-electron chi connectivity index (χ1n) is 11.5. The minimum absolute atomic E-state index is 0.363. The van der Waals surface area contributed by atoms with Crippen LogP contribution in [0.5, 0.6) is 5.75 Å². The van der Waals surface area contributed by atoms with Crippen LogP contribution in [0, 0.1) is 0 Å². The van der Waals surface area contributed by atoms with Crippen molar-refractivity contribution in [3.8, 4) is 5.75 Å². The van der Waals surface area contributed by atoms with Gasteiger partial charge in [0.25, 0.3) is 0 Å². The van der Waals surface area contributed by atoms with Crippen LogP contribution in [0.15, 0.2) is 114 Å². The highest BCUT2D eigenvalue weighted by Gasteiger charge is 2.48. The Bertz CT molecular complexity index is 1300. The third-order valence-electron chi connectivity index (χ3n) is 6.04. The van der Waals surface area contributed by atoms with Crippen molar-refractivity contribution in [2.75, 3.05) is 14.2 Å². The Morgan fingerprint density at radius 2 is 1.37 bits per heavy atom. The highest BCUT2D eigenvalue weighted by molar-refractivity contribution is 6.00. The molecular formula is C30H27NO4. The second kappa shape index (κ2) is 10.1. The topological polar surface area (TPSA) is 49.3 Å². The Balaban J connectivity index is 1.63. The predicted molar refractivity (Wildman–Crippen MR) is 136 cm³/mol. The van der Waals surface area contributed by atoms with E-state index in [2.05, 4.69) is 0 Å². The van der Waals surface area contributed by atoms with Crippen LogP contribution in [0.3, 0.4) is 0 Å². The van der Waals surface area contributed by atoms with Crippen LogP contribution < -0.4 is 4.74 Å². The number of ether oxygens (including phenoxy) is 4. The summed E-state index contributed by atoms with van der Waals surface area (Å²) in [5, 5.41) is 0. The molecule has 0 aliphatic carbocycles. The maximum Gasteiger partial charge on any atom is 0.307 e. The van der Waals surface area contributed by atoms with Crippen LogP contribution in [-0.2, 0) is 26.4 Å². The molecule has 1 unspecified atom stereocenters. The lowest BCUT2D eigenvalue weighted by molar-refractivity contribution is -0.100. The minimum Gasteiger partial charge on any atom is -0.444 e. The summed E-state index contributed by atoms with van der Waals surface area (Å²) in [6.07, 6.45) is 0.198. The quantitative estimate of drug-likeness (QED) is 0.289. The molecule has 0 bridgehead atoms. The number of benzene rings is 4. The van der Waals surface area contributed by atoms with E-state index in [1.165, 1.54) is 0 Å². The van der Waals surface area contributed by atoms with Gasteiger partial charge in [0.1, 0.15) is 5.75 Å². The molecule has 4 aromatic rings. The molecular weight excluding hydrogens is 438 g/mol. The Labute approximate surface area is 205 Å². The molecule has 0 N–H and O–H groups in total. The number of nitrogens with zero attached hydrogens (tertiary/aromatic N) is 1. The summed E-state index contributed by atoms with van der Waals surface area (Å²) < 4.78 is 24.2. The summed E-state index contributed by atoms with van der Waals surface area (Å²) >= 11 is 0. The average Bonchev–Trinajstić information content (AvgIpc) is 3.23. The summed E-state index contributed by atoms with van der Waals surface area (Å²) in [6, 6.07) is 35.6. The number of aliphatic imine (C=N–C) groups is 1. The summed E-state index contributed by atoms with van der Waals surface area (Å²) in [6.45, 7) is 0. The minimum atomic E-state index is -1.17. The Hall–Kier alpha value is -3.93. The van der Waals surface area contributed by atoms with Crippen LogP contribution in [0.25, 0.3) is 0 Å². The van der Waals surface area contributed by atoms with Gasteiger partial charge in [-0.2, -0.15) is 0 Å². The van der Waals surface area contributed by atoms with E-state index in [1.807, 2.05) is 109 Å². The van der Waals surface area contributed by atoms with Gasteiger partial charge < -0.3 is 18.9 Å². The molecule has 0 aromatic heterocycles. The van der Waals surface area contributed by atoms with Crippen molar-refractivity contribution in [1.82, 2.24) is 0 Å². The Kier molecular flexibility index (Phi) is 6.62. The number of methoxy groups -OCH3 is 2. The zero-order valence-electron chi connectivity index (χ0n) is 19.8. The van der Waals surface area contributed by atoms with Crippen LogP contribution in [0.4, 0.5) is 5.69 Å². The lowest BCUT2D eigenvalue weighted by Crippen LogP contribution is -2.34. The van der Waals surface area contributed by atoms with Crippen LogP contribution in [-0.4, -0.2) is 26.4 Å². The van der Waals surface area contributed by atoms with Gasteiger partial charge in [-0.05, 0) is 29.8 Å². The summed E-state index contributed by atoms with van der Waals surface area (Å²) in [4.78, 5) is 4.99. The fourth-order valence-electron chi connectivity index (χ4n) is 4.29. The van der Waals surface area contributed by atoms with Crippen molar-refractivity contribution >= 4 is 11.6 Å². The Morgan fingerprint density at radius 1 is 0.743 bits per heavy atom. The molecule has 0 spiro atoms. The smallest absolute Gasteiger partial charge is 0.307 e. The molecule has 0 radical (unpaired) electrons. The van der Waals surface area contributed by atoms with E-state index in [9.17, 15) is 0 Å². The molecule has 1 aliphatic rings. The van der Waals surface area contributed by atoms with Gasteiger partial charge in [-0.25, -0.2) is 4.99 Å². The van der Waals surface area contributed by atoms with Crippen LogP contribution in [0.2, 0.25) is 0 Å². The second-order valence-corrected chi connectivity index (χ2v) is 8.20. The number of hydrogen-bond acceptors (Lipinski definition) is 5. The van der Waals surface area contributed by atoms with Crippen molar-refractivity contribution in [3.05, 3.63) is 131 Å². The third kappa shape index (κ3) is 4.56. The summed E-state index contributed by atoms with van der Waals surface area (Å²) in [5.74, 6) is 0.0317. The SMILES string of the molecule is COC(Cc1ccccc1N=C1OC(Oc2ccccc2)(c2ccccc2)c2ccccc21)OC. The van der Waals surface area contributed by atoms with E-state index in [-0.39, 0.29) is 6.29 Å². The fraction of sp³-hybridized carbons (Fsp3) is 0.167. The molecule has 0 amide bonds. The summed E-state index contributed by atoms with van der Waals surface area (Å²) in [5.41, 5.74) is 4.46. The summed E-state index contributed by atoms with van der Waals surface area (Å²) in [7, 11) is 3.27. The van der Waals surface area contributed by atoms with Gasteiger partial charge >= 0.3 is 5.79 Å². The number of hydrogen-bond donors (Lipinski definition) is 0. The maximum absolute atomic E-state index is 6.69. The first kappa shape index (κ1) is 22.8. The number of para-hydroxylation sites is 2. The largest absolute Gasteiger partial charge is 0.444 e. The van der Waals surface area contributed by atoms with Crippen molar-refractivity contribution in [3.63, 3.8) is 0 Å². The van der Waals surface area contributed by atoms with Crippen LogP contribution in [0.1, 0.15) is 22.3 Å². The van der Waals surface area contributed by atoms with Gasteiger partial charge in [0.15, 0.2) is 6.29 Å². The first-order valence-corrected chi connectivity index (χ1v) is 11.5. The number of rotatable bonds is 8. The lowest BCUT2D eigenvalue weighted by atomic mass is 9.95. The van der Waals surface area contributed by atoms with E-state index >= 15 is 0 Å². The molecule has 1 aliphatic heterocycles. The van der Waals surface area contributed by atoms with Gasteiger partial charge in [-0.3, -0.25) is 0 Å². The van der Waals surface area contributed by atoms with E-state index in [0.717, 1.165) is 27.9 Å². The van der Waals surface area contributed by atoms with Crippen molar-refractivity contribution in [2.45, 2.75) is 18.5 Å². The van der Waals surface area contributed by atoms with Gasteiger partial charge in [0.05, 0.1) is 11.3 Å². The zero-order valence-corrected chi connectivity index (χ0v) is 19.8. The van der Waals surface area contributed by atoms with Gasteiger partial charge in [0, 0.05) is 31.8 Å². The van der Waals surface area contributed by atoms with E-state index in [1.54, 1.807) is 14.2 Å². The average molecular weight is 466 g/mol. The highest BCUT2D eigenvalue weighted by Crippen LogP contribution is 2.44. The molecule has 0 saturated heterocycles. The molecule has 5 nitrogen and oxygen atoms in total. The lowest BCUT2D eigenvalue weighted by Gasteiger charge is -2.30. The van der Waals surface area contributed by atoms with E-state index in [0.29, 0.717) is 18.1 Å². The molecule has 0 saturated carbocycles. The molecule has 5 heteroatoms. The number of fused-ring (bicyclic) bond motifs is 1. The standard InChI is InChI=1S/C30H27NO4/c1-32-28(33-2)21-22-13-9-12-20-27(22)31-29-25-18-10-11-19-26(25)30(35-29,23-14-5-3-6-15-23)34-24-16-7-4-8-17-24/h3-20,28H,21H2,1-2H3. The molecule has 1 heterocycles. The van der Waals surface area contributed by atoms with Crippen molar-refractivity contribution in [2.24, 2.45) is 4.99 Å². The fourth-order valence-corrected chi connectivity index (χ4v) is 4.29. The molecule has 35 heavy (non-hydrogen) atoms. The van der Waals surface area contributed by atoms with Gasteiger partial charge in [-0.1, -0.05) is 84.9 Å². The van der Waals surface area contributed by atoms with Gasteiger partial charge in [0.2, 0.25) is 5.90 Å². The van der Waals surface area contributed by atoms with Crippen molar-refractivity contribution in [1.29, 1.82) is 0 Å². The highest BCUT2D eigenvalue weighted by atomic mass is 16.7. The molecule has 1 atom stereocenters. The Morgan fingerprint density at radius 3 is 2.11 bits per heavy atom. The maximum atomic E-state index is 6.69. The predicted octanol–water partition coefficient (Wildman–Crippen LogP) is 6.24. The molecule has 176 valence electrons. The molecule has 5 rings (SSSR count).